The van der Waals surface area contributed by atoms with Crippen LogP contribution in [0.15, 0.2) is 18.2 Å². The zero-order valence-electron chi connectivity index (χ0n) is 13.6. The van der Waals surface area contributed by atoms with E-state index in [-0.39, 0.29) is 25.0 Å². The van der Waals surface area contributed by atoms with Crippen molar-refractivity contribution in [3.05, 3.63) is 23.8 Å². The molecule has 0 radical (unpaired) electrons. The summed E-state index contributed by atoms with van der Waals surface area (Å²) in [5, 5.41) is 15.1. The molecule has 3 N–H and O–H groups in total. The van der Waals surface area contributed by atoms with E-state index >= 15 is 0 Å². The van der Waals surface area contributed by atoms with Crippen molar-refractivity contribution in [1.29, 1.82) is 0 Å². The number of hydrogen-bond acceptors (Lipinski definition) is 5. The molecule has 0 unspecified atom stereocenters. The van der Waals surface area contributed by atoms with Crippen molar-refractivity contribution >= 4 is 17.5 Å². The number of aliphatic hydroxyl groups is 1. The smallest absolute Gasteiger partial charge is 0.241 e. The van der Waals surface area contributed by atoms with Crippen LogP contribution in [-0.4, -0.2) is 54.3 Å². The lowest BCUT2D eigenvalue weighted by molar-refractivity contribution is -0.132. The van der Waals surface area contributed by atoms with Crippen LogP contribution in [0.4, 0.5) is 5.69 Å². The minimum absolute atomic E-state index is 0.00679. The van der Waals surface area contributed by atoms with Gasteiger partial charge < -0.3 is 25.4 Å². The monoisotopic (exact) mass is 333 g/mol. The second kappa shape index (κ2) is 7.53. The molecule has 2 amide bonds. The Labute approximate surface area is 141 Å². The normalized spacial score (nSPS) is 19.2. The second-order valence-corrected chi connectivity index (χ2v) is 6.17. The maximum atomic E-state index is 11.9. The van der Waals surface area contributed by atoms with E-state index in [1.54, 1.807) is 4.90 Å². The Morgan fingerprint density at radius 2 is 2.12 bits per heavy atom. The van der Waals surface area contributed by atoms with E-state index in [1.165, 1.54) is 0 Å². The molecule has 1 fully saturated rings. The van der Waals surface area contributed by atoms with Crippen LogP contribution in [0.25, 0.3) is 0 Å². The number of carbonyl (C=O) groups is 2. The number of anilines is 1. The van der Waals surface area contributed by atoms with Gasteiger partial charge in [0.1, 0.15) is 12.4 Å². The molecule has 7 heteroatoms. The molecule has 0 spiro atoms. The number of nitrogens with one attached hydrogen (secondary N) is 2. The third-order valence-corrected chi connectivity index (χ3v) is 4.30. The Hall–Kier alpha value is -2.28. The Morgan fingerprint density at radius 1 is 1.33 bits per heavy atom. The van der Waals surface area contributed by atoms with Gasteiger partial charge in [0, 0.05) is 19.5 Å². The number of aryl methyl sites for hydroxylation is 1. The summed E-state index contributed by atoms with van der Waals surface area (Å²) in [5.74, 6) is 0.546. The highest BCUT2D eigenvalue weighted by Gasteiger charge is 2.19. The van der Waals surface area contributed by atoms with Crippen LogP contribution in [-0.2, 0) is 16.0 Å². The molecular weight excluding hydrogens is 310 g/mol. The van der Waals surface area contributed by atoms with Gasteiger partial charge in [-0.15, -0.1) is 0 Å². The lowest BCUT2D eigenvalue weighted by atomic mass is 10.1. The molecule has 1 aromatic rings. The first-order valence-electron chi connectivity index (χ1n) is 8.36. The predicted octanol–water partition coefficient (Wildman–Crippen LogP) is 0.480. The molecule has 2 heterocycles. The Balaban J connectivity index is 1.43. The van der Waals surface area contributed by atoms with Gasteiger partial charge in [-0.1, -0.05) is 6.07 Å². The highest BCUT2D eigenvalue weighted by Crippen LogP contribution is 2.29. The maximum absolute atomic E-state index is 11.9. The van der Waals surface area contributed by atoms with Gasteiger partial charge >= 0.3 is 0 Å². The summed E-state index contributed by atoms with van der Waals surface area (Å²) in [4.78, 5) is 25.6. The fraction of sp³-hybridized carbons (Fsp3) is 0.529. The average molecular weight is 333 g/mol. The van der Waals surface area contributed by atoms with E-state index < -0.39 is 6.23 Å². The number of likely N-dealkylation sites (tertiary alicyclic amines) is 1. The number of rotatable bonds is 5. The second-order valence-electron chi connectivity index (χ2n) is 6.17. The van der Waals surface area contributed by atoms with Gasteiger partial charge in [-0.05, 0) is 37.0 Å². The summed E-state index contributed by atoms with van der Waals surface area (Å²) in [6.07, 6.45) is 2.30. The standard InChI is InChI=1S/C17H23N3O4/c21-15(18-10-17(23)20-7-1-2-8-20)6-4-12-3-5-13-14(9-12)24-11-16(22)19-13/h3,5,9,16,19,22H,1-2,4,6-8,10-11H2,(H,18,21)/t16-/m1/s1. The maximum Gasteiger partial charge on any atom is 0.241 e. The van der Waals surface area contributed by atoms with Gasteiger partial charge in [0.2, 0.25) is 11.8 Å². The van der Waals surface area contributed by atoms with Crippen molar-refractivity contribution in [2.45, 2.75) is 31.9 Å². The van der Waals surface area contributed by atoms with E-state index in [0.29, 0.717) is 18.6 Å². The fourth-order valence-corrected chi connectivity index (χ4v) is 2.95. The van der Waals surface area contributed by atoms with Crippen LogP contribution in [0.3, 0.4) is 0 Å². The minimum atomic E-state index is -0.692. The van der Waals surface area contributed by atoms with Crippen molar-refractivity contribution in [2.24, 2.45) is 0 Å². The lowest BCUT2D eigenvalue weighted by Gasteiger charge is -2.24. The first-order chi connectivity index (χ1) is 11.6. The van der Waals surface area contributed by atoms with Gasteiger partial charge in [0.25, 0.3) is 0 Å². The molecule has 0 aromatic heterocycles. The van der Waals surface area contributed by atoms with Crippen molar-refractivity contribution in [2.75, 3.05) is 31.6 Å². The summed E-state index contributed by atoms with van der Waals surface area (Å²) in [6, 6.07) is 5.61. The minimum Gasteiger partial charge on any atom is -0.487 e. The third kappa shape index (κ3) is 4.17. The third-order valence-electron chi connectivity index (χ3n) is 4.30. The van der Waals surface area contributed by atoms with Gasteiger partial charge in [-0.3, -0.25) is 9.59 Å². The van der Waals surface area contributed by atoms with Crippen LogP contribution in [0, 0.1) is 0 Å². The first kappa shape index (κ1) is 16.6. The van der Waals surface area contributed by atoms with Crippen LogP contribution in [0.2, 0.25) is 0 Å². The Kier molecular flexibility index (Phi) is 5.20. The SMILES string of the molecule is O=C(CCc1ccc2c(c1)OC[C@@H](O)N2)NCC(=O)N1CCCC1. The molecule has 7 nitrogen and oxygen atoms in total. The number of nitrogens with zero attached hydrogens (tertiary/aromatic N) is 1. The lowest BCUT2D eigenvalue weighted by Crippen LogP contribution is -2.38. The van der Waals surface area contributed by atoms with Crippen LogP contribution in [0.1, 0.15) is 24.8 Å². The van der Waals surface area contributed by atoms with Crippen molar-refractivity contribution in [1.82, 2.24) is 10.2 Å². The van der Waals surface area contributed by atoms with Crippen LogP contribution >= 0.6 is 0 Å². The van der Waals surface area contributed by atoms with E-state index in [4.69, 9.17) is 4.74 Å². The number of ether oxygens (including phenoxy) is 1. The number of aliphatic hydroxyl groups excluding tert-OH is 1. The zero-order valence-corrected chi connectivity index (χ0v) is 13.6. The Morgan fingerprint density at radius 3 is 2.92 bits per heavy atom. The molecule has 2 aliphatic rings. The van der Waals surface area contributed by atoms with Crippen LogP contribution < -0.4 is 15.4 Å². The summed E-state index contributed by atoms with van der Waals surface area (Å²) in [7, 11) is 0. The summed E-state index contributed by atoms with van der Waals surface area (Å²) in [6.45, 7) is 1.88. The molecule has 0 saturated carbocycles. The van der Waals surface area contributed by atoms with Crippen molar-refractivity contribution < 1.29 is 19.4 Å². The van der Waals surface area contributed by atoms with Crippen molar-refractivity contribution in [3.8, 4) is 5.75 Å². The summed E-state index contributed by atoms with van der Waals surface area (Å²) < 4.78 is 5.46. The van der Waals surface area contributed by atoms with E-state index in [9.17, 15) is 14.7 Å². The molecule has 1 aromatic carbocycles. The number of amides is 2. The molecule has 0 aliphatic carbocycles. The van der Waals surface area contributed by atoms with Gasteiger partial charge in [0.05, 0.1) is 12.2 Å². The van der Waals surface area contributed by atoms with E-state index in [1.807, 2.05) is 18.2 Å². The molecule has 130 valence electrons. The molecule has 1 saturated heterocycles. The fourth-order valence-electron chi connectivity index (χ4n) is 2.95. The highest BCUT2D eigenvalue weighted by molar-refractivity contribution is 5.85. The molecule has 0 bridgehead atoms. The summed E-state index contributed by atoms with van der Waals surface area (Å²) >= 11 is 0. The topological polar surface area (TPSA) is 90.9 Å². The van der Waals surface area contributed by atoms with Crippen LogP contribution in [0.5, 0.6) is 5.75 Å². The van der Waals surface area contributed by atoms with Crippen molar-refractivity contribution in [3.63, 3.8) is 0 Å². The molecule has 3 rings (SSSR count). The summed E-state index contributed by atoms with van der Waals surface area (Å²) in [5.41, 5.74) is 1.73. The predicted molar refractivity (Wildman–Crippen MR) is 88.7 cm³/mol. The van der Waals surface area contributed by atoms with Gasteiger partial charge in [-0.2, -0.15) is 0 Å². The zero-order chi connectivity index (χ0) is 16.9. The molecule has 24 heavy (non-hydrogen) atoms. The average Bonchev–Trinajstić information content (AvgIpc) is 3.12. The van der Waals surface area contributed by atoms with Gasteiger partial charge in [-0.25, -0.2) is 0 Å². The number of fused-ring (bicyclic) bond motifs is 1. The van der Waals surface area contributed by atoms with Gasteiger partial charge in [0.15, 0.2) is 6.23 Å². The number of hydrogen-bond donors (Lipinski definition) is 3. The quantitative estimate of drug-likeness (QED) is 0.729. The first-order valence-corrected chi connectivity index (χ1v) is 8.36. The number of benzene rings is 1. The van der Waals surface area contributed by atoms with E-state index in [0.717, 1.165) is 37.2 Å². The largest absolute Gasteiger partial charge is 0.487 e. The molecular formula is C17H23N3O4. The highest BCUT2D eigenvalue weighted by atomic mass is 16.5. The Bertz CT molecular complexity index is 614. The molecule has 1 atom stereocenters. The molecule has 2 aliphatic heterocycles. The number of carbonyl (C=O) groups excluding carboxylic acids is 2. The van der Waals surface area contributed by atoms with E-state index in [2.05, 4.69) is 10.6 Å².